The Balaban J connectivity index is 0.000000159. The summed E-state index contributed by atoms with van der Waals surface area (Å²) in [7, 11) is 0. The van der Waals surface area contributed by atoms with Gasteiger partial charge in [-0.05, 0) is 104 Å². The Labute approximate surface area is 298 Å². The van der Waals surface area contributed by atoms with Gasteiger partial charge in [-0.25, -0.2) is 9.97 Å². The fourth-order valence-electron chi connectivity index (χ4n) is 6.68. The molecule has 0 amide bonds. The van der Waals surface area contributed by atoms with Crippen LogP contribution in [-0.4, -0.2) is 25.3 Å². The van der Waals surface area contributed by atoms with Crippen molar-refractivity contribution in [2.45, 2.75) is 66.2 Å². The number of fused-ring (bicyclic) bond motifs is 4. The zero-order chi connectivity index (χ0) is 36.1. The normalized spacial score (nSPS) is 12.0. The molecule has 51 heavy (non-hydrogen) atoms. The van der Waals surface area contributed by atoms with E-state index in [0.717, 1.165) is 38.7 Å². The number of benzene rings is 6. The lowest BCUT2D eigenvalue weighted by atomic mass is 9.82. The summed E-state index contributed by atoms with van der Waals surface area (Å²) < 4.78 is 0. The number of aromatic nitrogens is 6. The van der Waals surface area contributed by atoms with Crippen LogP contribution in [0.15, 0.2) is 109 Å². The molecule has 7 nitrogen and oxygen atoms in total. The van der Waals surface area contributed by atoms with Crippen LogP contribution in [0, 0.1) is 19.1 Å². The van der Waals surface area contributed by atoms with E-state index in [1.807, 2.05) is 37.3 Å². The molecule has 0 radical (unpaired) electrons. The van der Waals surface area contributed by atoms with Crippen LogP contribution < -0.4 is 4.85 Å². The van der Waals surface area contributed by atoms with E-state index in [0.29, 0.717) is 27.5 Å². The number of aryl methyl sites for hydroxylation is 2. The first-order valence-electron chi connectivity index (χ1n) is 17.3. The standard InChI is InChI=1S/C22H21N3O.C22H21N3/c1-14-8-7-11-19-20(14)23-21(24-25(19)26)16-12-15-9-5-6-10-17(15)18(13-16)22(2,3)4;1-14-8-7-11-19-20(14)23-21(25-24-19)16-12-15-9-5-6-10-17(15)18(13-16)22(2,3)4/h5-13H,1-4H3;5-13H,1-4H3. The number of hydrogen-bond donors (Lipinski definition) is 0. The molecule has 254 valence electrons. The largest absolute Gasteiger partial charge is 0.594 e. The second-order valence-corrected chi connectivity index (χ2v) is 15.3. The van der Waals surface area contributed by atoms with E-state index in [-0.39, 0.29) is 10.8 Å². The van der Waals surface area contributed by atoms with E-state index in [2.05, 4.69) is 137 Å². The Morgan fingerprint density at radius 1 is 0.529 bits per heavy atom. The topological polar surface area (TPSA) is 91.4 Å². The van der Waals surface area contributed by atoms with Crippen LogP contribution in [0.3, 0.4) is 0 Å². The van der Waals surface area contributed by atoms with Gasteiger partial charge >= 0.3 is 0 Å². The average molecular weight is 671 g/mol. The van der Waals surface area contributed by atoms with Crippen LogP contribution in [0.4, 0.5) is 0 Å². The van der Waals surface area contributed by atoms with E-state index in [1.165, 1.54) is 27.3 Å². The summed E-state index contributed by atoms with van der Waals surface area (Å²) in [4.78, 5) is 10.2. The summed E-state index contributed by atoms with van der Waals surface area (Å²) in [6, 6.07) is 36.9. The summed E-state index contributed by atoms with van der Waals surface area (Å²) in [6.07, 6.45) is 0. The smallest absolute Gasteiger partial charge is 0.270 e. The molecule has 0 fully saturated rings. The third-order valence-electron chi connectivity index (χ3n) is 9.37. The Morgan fingerprint density at radius 3 is 1.63 bits per heavy atom. The van der Waals surface area contributed by atoms with Crippen molar-refractivity contribution in [2.75, 3.05) is 0 Å². The maximum Gasteiger partial charge on any atom is 0.270 e. The van der Waals surface area contributed by atoms with Crippen molar-refractivity contribution in [3.63, 3.8) is 0 Å². The third kappa shape index (κ3) is 6.59. The molecule has 8 rings (SSSR count). The van der Waals surface area contributed by atoms with Crippen LogP contribution in [0.1, 0.15) is 63.8 Å². The van der Waals surface area contributed by atoms with Gasteiger partial charge in [0.2, 0.25) is 5.82 Å². The molecule has 0 aliphatic heterocycles. The molecule has 8 aromatic rings. The van der Waals surface area contributed by atoms with Crippen molar-refractivity contribution >= 4 is 43.6 Å². The van der Waals surface area contributed by atoms with Gasteiger partial charge in [-0.1, -0.05) is 114 Å². The fourth-order valence-corrected chi connectivity index (χ4v) is 6.68. The van der Waals surface area contributed by atoms with E-state index >= 15 is 0 Å². The van der Waals surface area contributed by atoms with Crippen LogP contribution in [0.25, 0.3) is 66.4 Å². The zero-order valence-electron chi connectivity index (χ0n) is 30.5. The average Bonchev–Trinajstić information content (AvgIpc) is 3.10. The van der Waals surface area contributed by atoms with Crippen molar-refractivity contribution in [3.05, 3.63) is 137 Å². The first kappa shape index (κ1) is 33.7. The van der Waals surface area contributed by atoms with Crippen LogP contribution in [0.2, 0.25) is 0 Å². The molecule has 0 atom stereocenters. The minimum absolute atomic E-state index is 0.0319. The van der Waals surface area contributed by atoms with Gasteiger partial charge in [0.25, 0.3) is 5.52 Å². The first-order valence-corrected chi connectivity index (χ1v) is 17.3. The lowest BCUT2D eigenvalue weighted by Gasteiger charge is -2.22. The van der Waals surface area contributed by atoms with Gasteiger partial charge in [-0.15, -0.1) is 10.2 Å². The molecule has 0 saturated carbocycles. The highest BCUT2D eigenvalue weighted by Crippen LogP contribution is 2.35. The van der Waals surface area contributed by atoms with Gasteiger partial charge in [-0.2, -0.15) is 0 Å². The molecule has 2 heterocycles. The predicted octanol–water partition coefficient (Wildman–Crippen LogP) is 10.1. The number of nitrogens with zero attached hydrogens (tertiary/aromatic N) is 6. The monoisotopic (exact) mass is 670 g/mol. The first-order chi connectivity index (χ1) is 24.3. The molecule has 0 N–H and O–H groups in total. The lowest BCUT2D eigenvalue weighted by Crippen LogP contribution is -2.33. The van der Waals surface area contributed by atoms with Crippen LogP contribution in [-0.2, 0) is 10.8 Å². The zero-order valence-corrected chi connectivity index (χ0v) is 30.5. The van der Waals surface area contributed by atoms with Crippen molar-refractivity contribution in [1.82, 2.24) is 25.3 Å². The molecular formula is C44H42N6O. The molecule has 0 unspecified atom stereocenters. The highest BCUT2D eigenvalue weighted by atomic mass is 16.5. The Bertz CT molecular complexity index is 2600. The summed E-state index contributed by atoms with van der Waals surface area (Å²) >= 11 is 0. The van der Waals surface area contributed by atoms with E-state index in [4.69, 9.17) is 9.97 Å². The quantitative estimate of drug-likeness (QED) is 0.134. The van der Waals surface area contributed by atoms with Crippen LogP contribution in [0.5, 0.6) is 0 Å². The molecule has 7 heteroatoms. The highest BCUT2D eigenvalue weighted by Gasteiger charge is 2.22. The van der Waals surface area contributed by atoms with Crippen molar-refractivity contribution < 1.29 is 4.85 Å². The van der Waals surface area contributed by atoms with Crippen molar-refractivity contribution in [2.24, 2.45) is 0 Å². The lowest BCUT2D eigenvalue weighted by molar-refractivity contribution is -0.642. The van der Waals surface area contributed by atoms with Gasteiger partial charge in [0.1, 0.15) is 11.0 Å². The molecule has 6 aromatic carbocycles. The Kier molecular flexibility index (Phi) is 8.46. The molecule has 0 bridgehead atoms. The van der Waals surface area contributed by atoms with E-state index < -0.39 is 0 Å². The molecule has 0 spiro atoms. The van der Waals surface area contributed by atoms with Gasteiger partial charge < -0.3 is 5.21 Å². The van der Waals surface area contributed by atoms with Gasteiger partial charge in [-0.3, -0.25) is 0 Å². The summed E-state index contributed by atoms with van der Waals surface area (Å²) in [5, 5.41) is 30.2. The number of rotatable bonds is 2. The molecular weight excluding hydrogens is 629 g/mol. The molecule has 0 aliphatic carbocycles. The van der Waals surface area contributed by atoms with Gasteiger partial charge in [0.15, 0.2) is 5.82 Å². The number of para-hydroxylation sites is 2. The molecule has 2 aromatic heterocycles. The Hall–Kier alpha value is -5.82. The number of hydrogen-bond acceptors (Lipinski definition) is 6. The van der Waals surface area contributed by atoms with Crippen molar-refractivity contribution in [3.8, 4) is 22.8 Å². The molecule has 0 saturated heterocycles. The van der Waals surface area contributed by atoms with Crippen molar-refractivity contribution in [1.29, 1.82) is 0 Å². The van der Waals surface area contributed by atoms with E-state index in [9.17, 15) is 5.21 Å². The Morgan fingerprint density at radius 2 is 1.04 bits per heavy atom. The maximum atomic E-state index is 12.4. The molecule has 0 aliphatic rings. The van der Waals surface area contributed by atoms with Gasteiger partial charge in [0, 0.05) is 22.3 Å². The highest BCUT2D eigenvalue weighted by molar-refractivity contribution is 5.92. The van der Waals surface area contributed by atoms with E-state index in [1.54, 1.807) is 6.07 Å². The summed E-state index contributed by atoms with van der Waals surface area (Å²) in [5.41, 5.74) is 9.42. The predicted molar refractivity (Wildman–Crippen MR) is 209 cm³/mol. The second-order valence-electron chi connectivity index (χ2n) is 15.3. The second kappa shape index (κ2) is 12.8. The minimum atomic E-state index is -0.0319. The summed E-state index contributed by atoms with van der Waals surface area (Å²) in [5.74, 6) is 1.14. The summed E-state index contributed by atoms with van der Waals surface area (Å²) in [6.45, 7) is 17.3. The minimum Gasteiger partial charge on any atom is -0.594 e. The fraction of sp³-hybridized carbons (Fsp3) is 0.227. The third-order valence-corrected chi connectivity index (χ3v) is 9.37. The van der Waals surface area contributed by atoms with Gasteiger partial charge in [0.05, 0.1) is 5.52 Å². The maximum absolute atomic E-state index is 12.4. The SMILES string of the molecule is Cc1cccc2c1nc(-c1cc(C(C)(C)C)c3ccccc3c1)n[n+]2[O-].Cc1cccc2nnc(-c3cc(C(C)(C)C)c4ccccc4c3)nc12. The van der Waals surface area contributed by atoms with Crippen LogP contribution >= 0.6 is 0 Å².